The van der Waals surface area contributed by atoms with Crippen LogP contribution in [0.5, 0.6) is 0 Å². The molecule has 0 heterocycles. The normalized spacial score (nSPS) is 13.8. The highest BCUT2D eigenvalue weighted by Crippen LogP contribution is 2.29. The van der Waals surface area contributed by atoms with Gasteiger partial charge in [0.25, 0.3) is 0 Å². The molecule has 1 atom stereocenters. The highest BCUT2D eigenvalue weighted by Gasteiger charge is 2.21. The van der Waals surface area contributed by atoms with E-state index in [2.05, 4.69) is 5.32 Å². The van der Waals surface area contributed by atoms with Gasteiger partial charge in [-0.1, -0.05) is 17.7 Å². The summed E-state index contributed by atoms with van der Waals surface area (Å²) in [6, 6.07) is 4.55. The van der Waals surface area contributed by atoms with Gasteiger partial charge in [0, 0.05) is 23.4 Å². The number of aliphatic hydroxyl groups excluding tert-OH is 1. The number of benzene rings is 1. The molecule has 1 aromatic rings. The van der Waals surface area contributed by atoms with E-state index in [1.165, 1.54) is 6.07 Å². The summed E-state index contributed by atoms with van der Waals surface area (Å²) in [5, 5.41) is 12.9. The molecule has 0 bridgehead atoms. The van der Waals surface area contributed by atoms with E-state index in [1.807, 2.05) is 0 Å². The quantitative estimate of drug-likeness (QED) is 0.851. The van der Waals surface area contributed by atoms with Crippen LogP contribution in [0.25, 0.3) is 0 Å². The lowest BCUT2D eigenvalue weighted by Gasteiger charge is -2.15. The molecule has 0 amide bonds. The second-order valence-corrected chi connectivity index (χ2v) is 5.89. The molecule has 0 saturated heterocycles. The molecule has 1 rings (SSSR count). The van der Waals surface area contributed by atoms with Crippen molar-refractivity contribution in [3.8, 4) is 0 Å². The van der Waals surface area contributed by atoms with Crippen LogP contribution in [0.4, 0.5) is 0 Å². The first-order valence-electron chi connectivity index (χ1n) is 4.69. The lowest BCUT2D eigenvalue weighted by Crippen LogP contribution is -2.19. The molecule has 0 spiro atoms. The Labute approximate surface area is 100 Å². The van der Waals surface area contributed by atoms with Crippen LogP contribution in [0.1, 0.15) is 11.7 Å². The average Bonchev–Trinajstić information content (AvgIpc) is 2.16. The van der Waals surface area contributed by atoms with Crippen LogP contribution in [-0.4, -0.2) is 33.4 Å². The van der Waals surface area contributed by atoms with Crippen LogP contribution < -0.4 is 5.32 Å². The zero-order chi connectivity index (χ0) is 12.3. The summed E-state index contributed by atoms with van der Waals surface area (Å²) in [6.07, 6.45) is 0.150. The van der Waals surface area contributed by atoms with Crippen molar-refractivity contribution in [3.63, 3.8) is 0 Å². The van der Waals surface area contributed by atoms with Crippen molar-refractivity contribution in [1.82, 2.24) is 5.32 Å². The van der Waals surface area contributed by atoms with Crippen LogP contribution in [0.3, 0.4) is 0 Å². The van der Waals surface area contributed by atoms with Crippen LogP contribution in [0, 0.1) is 0 Å². The first-order valence-corrected chi connectivity index (χ1v) is 6.96. The average molecular weight is 264 g/mol. The Balaban J connectivity index is 3.35. The first kappa shape index (κ1) is 13.4. The van der Waals surface area contributed by atoms with E-state index in [-0.39, 0.29) is 22.0 Å². The third-order valence-corrected chi connectivity index (χ3v) is 3.63. The molecule has 0 aromatic heterocycles. The van der Waals surface area contributed by atoms with E-state index in [1.54, 1.807) is 19.2 Å². The zero-order valence-electron chi connectivity index (χ0n) is 9.07. The molecule has 1 aromatic carbocycles. The number of sulfone groups is 1. The molecule has 0 aliphatic rings. The SMILES string of the molecule is CNCC(O)c1c(Cl)cccc1S(C)(=O)=O. The van der Waals surface area contributed by atoms with Crippen molar-refractivity contribution in [1.29, 1.82) is 0 Å². The second kappa shape index (κ2) is 5.14. The summed E-state index contributed by atoms with van der Waals surface area (Å²) in [7, 11) is -1.72. The maximum Gasteiger partial charge on any atom is 0.175 e. The number of aliphatic hydroxyl groups is 1. The van der Waals surface area contributed by atoms with Crippen molar-refractivity contribution in [2.24, 2.45) is 0 Å². The highest BCUT2D eigenvalue weighted by molar-refractivity contribution is 7.90. The summed E-state index contributed by atoms with van der Waals surface area (Å²) in [4.78, 5) is 0.0720. The van der Waals surface area contributed by atoms with Gasteiger partial charge in [-0.3, -0.25) is 0 Å². The van der Waals surface area contributed by atoms with Gasteiger partial charge in [-0.2, -0.15) is 0 Å². The minimum absolute atomic E-state index is 0.0720. The number of rotatable bonds is 4. The van der Waals surface area contributed by atoms with Gasteiger partial charge in [0.05, 0.1) is 11.0 Å². The van der Waals surface area contributed by atoms with E-state index in [0.717, 1.165) is 6.26 Å². The Kier molecular flexibility index (Phi) is 4.32. The molecule has 0 aliphatic heterocycles. The summed E-state index contributed by atoms with van der Waals surface area (Å²) < 4.78 is 23.0. The van der Waals surface area contributed by atoms with Crippen molar-refractivity contribution >= 4 is 21.4 Å². The lowest BCUT2D eigenvalue weighted by atomic mass is 10.1. The maximum absolute atomic E-state index is 11.5. The number of nitrogens with one attached hydrogen (secondary N) is 1. The predicted molar refractivity (Wildman–Crippen MR) is 63.4 cm³/mol. The lowest BCUT2D eigenvalue weighted by molar-refractivity contribution is 0.175. The van der Waals surface area contributed by atoms with Crippen molar-refractivity contribution in [2.75, 3.05) is 19.8 Å². The molecule has 16 heavy (non-hydrogen) atoms. The van der Waals surface area contributed by atoms with Crippen molar-refractivity contribution < 1.29 is 13.5 Å². The summed E-state index contributed by atoms with van der Waals surface area (Å²) in [5.74, 6) is 0. The van der Waals surface area contributed by atoms with Gasteiger partial charge in [-0.25, -0.2) is 8.42 Å². The van der Waals surface area contributed by atoms with Crippen LogP contribution in [0.2, 0.25) is 5.02 Å². The van der Waals surface area contributed by atoms with Crippen LogP contribution in [-0.2, 0) is 9.84 Å². The minimum atomic E-state index is -3.39. The third kappa shape index (κ3) is 2.95. The zero-order valence-corrected chi connectivity index (χ0v) is 10.6. The van der Waals surface area contributed by atoms with E-state index < -0.39 is 15.9 Å². The number of likely N-dealkylation sites (N-methyl/N-ethyl adjacent to an activating group) is 1. The molecule has 2 N–H and O–H groups in total. The van der Waals surface area contributed by atoms with Crippen LogP contribution >= 0.6 is 11.6 Å². The topological polar surface area (TPSA) is 66.4 Å². The molecule has 0 radical (unpaired) electrons. The van der Waals surface area contributed by atoms with Gasteiger partial charge in [-0.15, -0.1) is 0 Å². The van der Waals surface area contributed by atoms with E-state index >= 15 is 0 Å². The summed E-state index contributed by atoms with van der Waals surface area (Å²) in [6.45, 7) is 0.242. The molecule has 4 nitrogen and oxygen atoms in total. The minimum Gasteiger partial charge on any atom is -0.387 e. The number of hydrogen-bond acceptors (Lipinski definition) is 4. The molecular formula is C10H14ClNO3S. The summed E-state index contributed by atoms with van der Waals surface area (Å²) >= 11 is 5.91. The van der Waals surface area contributed by atoms with Gasteiger partial charge in [0.2, 0.25) is 0 Å². The molecule has 0 aliphatic carbocycles. The Morgan fingerprint density at radius 1 is 1.50 bits per heavy atom. The monoisotopic (exact) mass is 263 g/mol. The van der Waals surface area contributed by atoms with Gasteiger partial charge in [-0.05, 0) is 19.2 Å². The van der Waals surface area contributed by atoms with Gasteiger partial charge >= 0.3 is 0 Å². The van der Waals surface area contributed by atoms with Gasteiger partial charge in [0.15, 0.2) is 9.84 Å². The number of hydrogen-bond donors (Lipinski definition) is 2. The second-order valence-electron chi connectivity index (χ2n) is 3.50. The largest absolute Gasteiger partial charge is 0.387 e. The van der Waals surface area contributed by atoms with Gasteiger partial charge < -0.3 is 10.4 Å². The van der Waals surface area contributed by atoms with Gasteiger partial charge in [0.1, 0.15) is 0 Å². The third-order valence-electron chi connectivity index (χ3n) is 2.14. The highest BCUT2D eigenvalue weighted by atomic mass is 35.5. The predicted octanol–water partition coefficient (Wildman–Crippen LogP) is 0.996. The molecule has 0 fully saturated rings. The molecule has 1 unspecified atom stereocenters. The molecular weight excluding hydrogens is 250 g/mol. The molecule has 0 saturated carbocycles. The fourth-order valence-corrected chi connectivity index (χ4v) is 2.79. The Bertz CT molecular complexity index is 473. The Morgan fingerprint density at radius 3 is 2.62 bits per heavy atom. The maximum atomic E-state index is 11.5. The Morgan fingerprint density at radius 2 is 2.12 bits per heavy atom. The fourth-order valence-electron chi connectivity index (χ4n) is 1.46. The van der Waals surface area contributed by atoms with Crippen molar-refractivity contribution in [2.45, 2.75) is 11.0 Å². The smallest absolute Gasteiger partial charge is 0.175 e. The standard InChI is InChI=1S/C10H14ClNO3S/c1-12-6-8(13)10-7(11)4-3-5-9(10)16(2,14)15/h3-5,8,12-13H,6H2,1-2H3. The van der Waals surface area contributed by atoms with Crippen molar-refractivity contribution in [3.05, 3.63) is 28.8 Å². The van der Waals surface area contributed by atoms with E-state index in [0.29, 0.717) is 0 Å². The van der Waals surface area contributed by atoms with E-state index in [9.17, 15) is 13.5 Å². The molecule has 90 valence electrons. The molecule has 6 heteroatoms. The number of halogens is 1. The van der Waals surface area contributed by atoms with Crippen LogP contribution in [0.15, 0.2) is 23.1 Å². The Hall–Kier alpha value is -0.620. The summed E-state index contributed by atoms with van der Waals surface area (Å²) in [5.41, 5.74) is 0.251. The fraction of sp³-hybridized carbons (Fsp3) is 0.400. The van der Waals surface area contributed by atoms with E-state index in [4.69, 9.17) is 11.6 Å². The first-order chi connectivity index (χ1) is 7.38.